The second-order valence-corrected chi connectivity index (χ2v) is 6.06. The molecule has 6 heteroatoms. The molecule has 0 amide bonds. The highest BCUT2D eigenvalue weighted by Gasteiger charge is 2.14. The van der Waals surface area contributed by atoms with Crippen LogP contribution in [0, 0.1) is 10.5 Å². The van der Waals surface area contributed by atoms with Gasteiger partial charge in [0.2, 0.25) is 0 Å². The van der Waals surface area contributed by atoms with Crippen molar-refractivity contribution in [3.8, 4) is 11.3 Å². The van der Waals surface area contributed by atoms with Gasteiger partial charge in [0, 0.05) is 32.8 Å². The van der Waals surface area contributed by atoms with Crippen molar-refractivity contribution in [2.75, 3.05) is 6.67 Å². The Bertz CT molecular complexity index is 866. The van der Waals surface area contributed by atoms with Gasteiger partial charge in [-0.05, 0) is 53.8 Å². The molecular weight excluding hydrogens is 389 g/mol. The van der Waals surface area contributed by atoms with Gasteiger partial charge < -0.3 is 15.9 Å². The highest BCUT2D eigenvalue weighted by molar-refractivity contribution is 14.1. The molecule has 3 heterocycles. The zero-order chi connectivity index (χ0) is 15.7. The normalized spacial score (nSPS) is 12.0. The summed E-state index contributed by atoms with van der Waals surface area (Å²) in [6.07, 6.45) is 4.06. The molecule has 0 aliphatic rings. The number of amidine groups is 1. The molecule has 112 valence electrons. The van der Waals surface area contributed by atoms with Crippen molar-refractivity contribution in [1.82, 2.24) is 9.38 Å². The first kappa shape index (κ1) is 15.0. The van der Waals surface area contributed by atoms with Crippen LogP contribution < -0.4 is 11.5 Å². The van der Waals surface area contributed by atoms with Crippen molar-refractivity contribution in [2.24, 2.45) is 16.5 Å². The highest BCUT2D eigenvalue weighted by Crippen LogP contribution is 2.29. The summed E-state index contributed by atoms with van der Waals surface area (Å²) in [5.74, 6) is 0.429. The van der Waals surface area contributed by atoms with Crippen LogP contribution in [-0.4, -0.2) is 21.9 Å². The van der Waals surface area contributed by atoms with E-state index in [1.807, 2.05) is 37.5 Å². The van der Waals surface area contributed by atoms with E-state index >= 15 is 0 Å². The Balaban J connectivity index is 2.17. The molecule has 0 atom stereocenters. The Hall–Kier alpha value is -1.93. The Labute approximate surface area is 142 Å². The van der Waals surface area contributed by atoms with Gasteiger partial charge in [-0.15, -0.1) is 0 Å². The van der Waals surface area contributed by atoms with Crippen LogP contribution in [0.5, 0.6) is 0 Å². The van der Waals surface area contributed by atoms with E-state index in [-0.39, 0.29) is 6.67 Å². The number of fused-ring (bicyclic) bond motifs is 1. The maximum atomic E-state index is 5.96. The second kappa shape index (κ2) is 6.05. The first-order valence-corrected chi connectivity index (χ1v) is 7.93. The van der Waals surface area contributed by atoms with E-state index in [1.165, 1.54) is 0 Å². The van der Waals surface area contributed by atoms with Crippen molar-refractivity contribution < 1.29 is 0 Å². The van der Waals surface area contributed by atoms with Gasteiger partial charge in [0.25, 0.3) is 0 Å². The Morgan fingerprint density at radius 1 is 1.32 bits per heavy atom. The van der Waals surface area contributed by atoms with Crippen molar-refractivity contribution in [3.63, 3.8) is 0 Å². The summed E-state index contributed by atoms with van der Waals surface area (Å²) >= 11 is 2.28. The first-order valence-electron chi connectivity index (χ1n) is 6.85. The zero-order valence-electron chi connectivity index (χ0n) is 12.1. The van der Waals surface area contributed by atoms with Crippen molar-refractivity contribution in [2.45, 2.75) is 6.92 Å². The van der Waals surface area contributed by atoms with Crippen molar-refractivity contribution in [3.05, 3.63) is 57.6 Å². The number of hydrogen-bond donors (Lipinski definition) is 2. The summed E-state index contributed by atoms with van der Waals surface area (Å²) in [4.78, 5) is 8.81. The van der Waals surface area contributed by atoms with E-state index < -0.39 is 0 Å². The van der Waals surface area contributed by atoms with Gasteiger partial charge in [0.1, 0.15) is 5.84 Å². The van der Waals surface area contributed by atoms with E-state index in [9.17, 15) is 0 Å². The lowest BCUT2D eigenvalue weighted by atomic mass is 10.1. The predicted molar refractivity (Wildman–Crippen MR) is 97.9 cm³/mol. The minimum Gasteiger partial charge on any atom is -0.383 e. The van der Waals surface area contributed by atoms with E-state index in [4.69, 9.17) is 16.5 Å². The van der Waals surface area contributed by atoms with Crippen molar-refractivity contribution in [1.29, 1.82) is 0 Å². The molecule has 4 N–H and O–H groups in total. The lowest BCUT2D eigenvalue weighted by Crippen LogP contribution is -2.18. The van der Waals surface area contributed by atoms with Crippen molar-refractivity contribution >= 4 is 33.9 Å². The number of nitrogens with two attached hydrogens (primary N) is 2. The van der Waals surface area contributed by atoms with Crippen LogP contribution in [0.4, 0.5) is 0 Å². The SMILES string of the molecule is Cc1nc(-c2ccn3ccccc23)c(I)cc1/C(N)=N\CN. The number of aromatic nitrogens is 2. The zero-order valence-corrected chi connectivity index (χ0v) is 14.3. The smallest absolute Gasteiger partial charge is 0.128 e. The molecule has 3 aromatic rings. The quantitative estimate of drug-likeness (QED) is 0.399. The molecule has 0 fully saturated rings. The summed E-state index contributed by atoms with van der Waals surface area (Å²) < 4.78 is 3.12. The molecule has 3 rings (SSSR count). The third kappa shape index (κ3) is 2.59. The third-order valence-corrected chi connectivity index (χ3v) is 4.35. The number of aliphatic imine (C=N–C) groups is 1. The average molecular weight is 405 g/mol. The monoisotopic (exact) mass is 405 g/mol. The van der Waals surface area contributed by atoms with E-state index in [1.54, 1.807) is 0 Å². The summed E-state index contributed by atoms with van der Waals surface area (Å²) in [6.45, 7) is 2.11. The number of hydrogen-bond acceptors (Lipinski definition) is 3. The Morgan fingerprint density at radius 2 is 2.14 bits per heavy atom. The van der Waals surface area contributed by atoms with E-state index in [2.05, 4.69) is 44.1 Å². The van der Waals surface area contributed by atoms with Gasteiger partial charge in [-0.25, -0.2) is 0 Å². The van der Waals surface area contributed by atoms with Crippen LogP contribution in [0.3, 0.4) is 0 Å². The fourth-order valence-corrected chi connectivity index (χ4v) is 3.19. The first-order chi connectivity index (χ1) is 10.6. The number of nitrogens with zero attached hydrogens (tertiary/aromatic N) is 3. The van der Waals surface area contributed by atoms with E-state index in [0.29, 0.717) is 5.84 Å². The molecular formula is C16H16IN5. The van der Waals surface area contributed by atoms with Crippen LogP contribution in [0.2, 0.25) is 0 Å². The second-order valence-electron chi connectivity index (χ2n) is 4.90. The van der Waals surface area contributed by atoms with Gasteiger partial charge in [0.05, 0.1) is 17.9 Å². The number of aryl methyl sites for hydroxylation is 1. The molecule has 0 radical (unpaired) electrons. The lowest BCUT2D eigenvalue weighted by molar-refractivity contribution is 1.06. The topological polar surface area (TPSA) is 81.7 Å². The standard InChI is InChI=1S/C16H16IN5/c1-10-12(16(19)20-9-18)8-13(17)15(21-10)11-5-7-22-6-3-2-4-14(11)22/h2-8H,9,18H2,1H3,(H2,19,20). The third-order valence-electron chi connectivity index (χ3n) is 3.53. The number of rotatable bonds is 3. The summed E-state index contributed by atoms with van der Waals surface area (Å²) in [6, 6.07) is 10.2. The van der Waals surface area contributed by atoms with Crippen LogP contribution in [0.25, 0.3) is 16.8 Å². The van der Waals surface area contributed by atoms with Crippen LogP contribution in [0.15, 0.2) is 47.7 Å². The lowest BCUT2D eigenvalue weighted by Gasteiger charge is -2.10. The molecule has 0 saturated carbocycles. The van der Waals surface area contributed by atoms with Crippen LogP contribution in [0.1, 0.15) is 11.3 Å². The minimum absolute atomic E-state index is 0.174. The molecule has 0 saturated heterocycles. The van der Waals surface area contributed by atoms with E-state index in [0.717, 1.165) is 31.6 Å². The molecule has 0 unspecified atom stereocenters. The highest BCUT2D eigenvalue weighted by atomic mass is 127. The fourth-order valence-electron chi connectivity index (χ4n) is 2.47. The number of pyridine rings is 2. The maximum Gasteiger partial charge on any atom is 0.128 e. The Kier molecular flexibility index (Phi) is 4.12. The summed E-state index contributed by atoms with van der Waals surface area (Å²) in [5.41, 5.74) is 16.3. The molecule has 22 heavy (non-hydrogen) atoms. The minimum atomic E-state index is 0.174. The average Bonchev–Trinajstić information content (AvgIpc) is 2.93. The van der Waals surface area contributed by atoms with Gasteiger partial charge >= 0.3 is 0 Å². The van der Waals surface area contributed by atoms with Gasteiger partial charge in [-0.1, -0.05) is 6.07 Å². The number of halogens is 1. The largest absolute Gasteiger partial charge is 0.383 e. The predicted octanol–water partition coefficient (Wildman–Crippen LogP) is 2.54. The Morgan fingerprint density at radius 3 is 2.91 bits per heavy atom. The van der Waals surface area contributed by atoms with Gasteiger partial charge in [-0.2, -0.15) is 0 Å². The van der Waals surface area contributed by atoms with Gasteiger partial charge in [0.15, 0.2) is 0 Å². The summed E-state index contributed by atoms with van der Waals surface area (Å²) in [5, 5.41) is 0. The molecule has 0 spiro atoms. The van der Waals surface area contributed by atoms with Gasteiger partial charge in [-0.3, -0.25) is 9.98 Å². The molecule has 0 aromatic carbocycles. The molecule has 0 aliphatic carbocycles. The molecule has 0 aliphatic heterocycles. The molecule has 5 nitrogen and oxygen atoms in total. The molecule has 0 bridgehead atoms. The summed E-state index contributed by atoms with van der Waals surface area (Å²) in [7, 11) is 0. The fraction of sp³-hybridized carbons (Fsp3) is 0.125. The maximum absolute atomic E-state index is 5.96. The van der Waals surface area contributed by atoms with Crippen LogP contribution >= 0.6 is 22.6 Å². The molecule has 3 aromatic heterocycles. The van der Waals surface area contributed by atoms with Crippen LogP contribution in [-0.2, 0) is 0 Å².